The Morgan fingerprint density at radius 1 is 1.28 bits per heavy atom. The molecule has 0 radical (unpaired) electrons. The van der Waals surface area contributed by atoms with Crippen LogP contribution in [0, 0.1) is 6.92 Å². The van der Waals surface area contributed by atoms with Gasteiger partial charge in [-0.1, -0.05) is 23.2 Å². The molecule has 0 saturated heterocycles. The van der Waals surface area contributed by atoms with E-state index in [1.165, 1.54) is 0 Å². The maximum absolute atomic E-state index is 12.9. The summed E-state index contributed by atoms with van der Waals surface area (Å²) in [6.07, 6.45) is 0.719. The predicted octanol–water partition coefficient (Wildman–Crippen LogP) is 3.75. The summed E-state index contributed by atoms with van der Waals surface area (Å²) >= 11 is 12.0. The van der Waals surface area contributed by atoms with Crippen molar-refractivity contribution in [2.75, 3.05) is 25.0 Å². The van der Waals surface area contributed by atoms with E-state index in [2.05, 4.69) is 21.8 Å². The topological polar surface area (TPSA) is 49.3 Å². The van der Waals surface area contributed by atoms with Crippen molar-refractivity contribution in [2.24, 2.45) is 0 Å². The lowest BCUT2D eigenvalue weighted by Gasteiger charge is -2.31. The fourth-order valence-corrected chi connectivity index (χ4v) is 3.27. The number of aromatic nitrogens is 2. The van der Waals surface area contributed by atoms with E-state index in [0.717, 1.165) is 35.9 Å². The molecule has 2 aromatic rings. The number of halogens is 2. The first kappa shape index (κ1) is 18.0. The van der Waals surface area contributed by atoms with Crippen LogP contribution in [0.15, 0.2) is 18.2 Å². The van der Waals surface area contributed by atoms with Gasteiger partial charge in [0.15, 0.2) is 0 Å². The number of rotatable bonds is 3. The molecular formula is C18H20Cl2N4O. The fraction of sp³-hybridized carbons (Fsp3) is 0.389. The van der Waals surface area contributed by atoms with Gasteiger partial charge in [0.05, 0.1) is 22.3 Å². The molecular weight excluding hydrogens is 359 g/mol. The Bertz CT molecular complexity index is 825. The number of carbonyl (C=O) groups is 1. The lowest BCUT2D eigenvalue weighted by Crippen LogP contribution is -2.38. The molecule has 0 unspecified atom stereocenters. The Balaban J connectivity index is 1.92. The number of benzene rings is 1. The molecule has 1 aromatic carbocycles. The van der Waals surface area contributed by atoms with Crippen LogP contribution >= 0.6 is 23.2 Å². The van der Waals surface area contributed by atoms with Gasteiger partial charge in [-0.05, 0) is 32.0 Å². The van der Waals surface area contributed by atoms with Gasteiger partial charge in [-0.25, -0.2) is 9.97 Å². The van der Waals surface area contributed by atoms with Crippen molar-refractivity contribution in [2.45, 2.75) is 26.8 Å². The molecule has 0 N–H and O–H groups in total. The van der Waals surface area contributed by atoms with Crippen molar-refractivity contribution >= 4 is 34.9 Å². The highest BCUT2D eigenvalue weighted by atomic mass is 35.5. The summed E-state index contributed by atoms with van der Waals surface area (Å²) in [4.78, 5) is 25.9. The van der Waals surface area contributed by atoms with Crippen LogP contribution in [0.25, 0.3) is 0 Å². The molecule has 25 heavy (non-hydrogen) atoms. The number of hydrogen-bond donors (Lipinski definition) is 0. The zero-order valence-electron chi connectivity index (χ0n) is 14.5. The van der Waals surface area contributed by atoms with Gasteiger partial charge in [-0.15, -0.1) is 0 Å². The number of fused-ring (bicyclic) bond motifs is 1. The third-order valence-corrected chi connectivity index (χ3v) is 5.18. The van der Waals surface area contributed by atoms with Crippen molar-refractivity contribution in [3.8, 4) is 0 Å². The van der Waals surface area contributed by atoms with Gasteiger partial charge in [-0.3, -0.25) is 4.79 Å². The van der Waals surface area contributed by atoms with Crippen molar-refractivity contribution in [1.82, 2.24) is 14.9 Å². The van der Waals surface area contributed by atoms with Crippen LogP contribution in [0.1, 0.15) is 34.4 Å². The SMILES string of the molecule is CCN(C)c1nc(C)nc2c1CN(C(=O)c1ccc(Cl)c(Cl)c1)CC2. The number of hydrogen-bond acceptors (Lipinski definition) is 4. The van der Waals surface area contributed by atoms with E-state index in [9.17, 15) is 4.79 Å². The Morgan fingerprint density at radius 3 is 2.72 bits per heavy atom. The highest BCUT2D eigenvalue weighted by Gasteiger charge is 2.27. The molecule has 0 atom stereocenters. The zero-order valence-corrected chi connectivity index (χ0v) is 16.0. The van der Waals surface area contributed by atoms with Crippen LogP contribution in [-0.4, -0.2) is 40.9 Å². The number of nitrogens with zero attached hydrogens (tertiary/aromatic N) is 4. The Kier molecular flexibility index (Phi) is 5.16. The standard InChI is InChI=1S/C18H20Cl2N4O/c1-4-23(3)17-13-10-24(8-7-16(13)21-11(2)22-17)18(25)12-5-6-14(19)15(20)9-12/h5-6,9H,4,7-8,10H2,1-3H3. The molecule has 0 bridgehead atoms. The van der Waals surface area contributed by atoms with E-state index in [4.69, 9.17) is 23.2 Å². The average Bonchev–Trinajstić information content (AvgIpc) is 2.61. The highest BCUT2D eigenvalue weighted by molar-refractivity contribution is 6.42. The van der Waals surface area contributed by atoms with Gasteiger partial charge in [0.25, 0.3) is 5.91 Å². The molecule has 1 amide bonds. The number of anilines is 1. The second kappa shape index (κ2) is 7.18. The minimum absolute atomic E-state index is 0.0603. The summed E-state index contributed by atoms with van der Waals surface area (Å²) in [5.41, 5.74) is 2.59. The van der Waals surface area contributed by atoms with E-state index in [-0.39, 0.29) is 5.91 Å². The first-order valence-electron chi connectivity index (χ1n) is 8.22. The molecule has 1 aliphatic rings. The lowest BCUT2D eigenvalue weighted by molar-refractivity contribution is 0.0733. The van der Waals surface area contributed by atoms with E-state index in [1.54, 1.807) is 18.2 Å². The minimum Gasteiger partial charge on any atom is -0.360 e. The molecule has 0 aliphatic carbocycles. The van der Waals surface area contributed by atoms with Crippen LogP contribution in [0.4, 0.5) is 5.82 Å². The second-order valence-corrected chi connectivity index (χ2v) is 6.95. The summed E-state index contributed by atoms with van der Waals surface area (Å²) in [6, 6.07) is 4.97. The van der Waals surface area contributed by atoms with Crippen molar-refractivity contribution < 1.29 is 4.79 Å². The monoisotopic (exact) mass is 378 g/mol. The number of carbonyl (C=O) groups excluding carboxylic acids is 1. The maximum Gasteiger partial charge on any atom is 0.254 e. The molecule has 3 rings (SSSR count). The van der Waals surface area contributed by atoms with Crippen molar-refractivity contribution in [1.29, 1.82) is 0 Å². The first-order chi connectivity index (χ1) is 11.9. The van der Waals surface area contributed by atoms with Crippen LogP contribution < -0.4 is 4.90 Å². The molecule has 132 valence electrons. The molecule has 5 nitrogen and oxygen atoms in total. The summed E-state index contributed by atoms with van der Waals surface area (Å²) < 4.78 is 0. The molecule has 2 heterocycles. The largest absolute Gasteiger partial charge is 0.360 e. The van der Waals surface area contributed by atoms with E-state index >= 15 is 0 Å². The quantitative estimate of drug-likeness (QED) is 0.815. The van der Waals surface area contributed by atoms with Gasteiger partial charge >= 0.3 is 0 Å². The summed E-state index contributed by atoms with van der Waals surface area (Å²) in [6.45, 7) is 5.93. The fourth-order valence-electron chi connectivity index (χ4n) is 2.97. The number of aryl methyl sites for hydroxylation is 1. The molecule has 0 fully saturated rings. The van der Waals surface area contributed by atoms with Crippen molar-refractivity contribution in [3.05, 3.63) is 50.9 Å². The molecule has 1 aliphatic heterocycles. The van der Waals surface area contributed by atoms with Crippen LogP contribution in [0.5, 0.6) is 0 Å². The summed E-state index contributed by atoms with van der Waals surface area (Å²) in [5, 5.41) is 0.827. The van der Waals surface area contributed by atoms with E-state index in [1.807, 2.05) is 18.9 Å². The minimum atomic E-state index is -0.0603. The number of amides is 1. The Morgan fingerprint density at radius 2 is 2.04 bits per heavy atom. The van der Waals surface area contributed by atoms with Gasteiger partial charge in [-0.2, -0.15) is 0 Å². The average molecular weight is 379 g/mol. The van der Waals surface area contributed by atoms with Crippen LogP contribution in [-0.2, 0) is 13.0 Å². The summed E-state index contributed by atoms with van der Waals surface area (Å²) in [5.74, 6) is 1.60. The molecule has 7 heteroatoms. The Labute approximate surface area is 157 Å². The molecule has 0 saturated carbocycles. The third-order valence-electron chi connectivity index (χ3n) is 4.44. The normalized spacial score (nSPS) is 13.6. The first-order valence-corrected chi connectivity index (χ1v) is 8.98. The zero-order chi connectivity index (χ0) is 18.1. The van der Waals surface area contributed by atoms with E-state index in [0.29, 0.717) is 28.7 Å². The van der Waals surface area contributed by atoms with E-state index < -0.39 is 0 Å². The van der Waals surface area contributed by atoms with Crippen LogP contribution in [0.3, 0.4) is 0 Å². The lowest BCUT2D eigenvalue weighted by atomic mass is 10.0. The van der Waals surface area contributed by atoms with Gasteiger partial charge in [0, 0.05) is 37.7 Å². The summed E-state index contributed by atoms with van der Waals surface area (Å²) in [7, 11) is 2.00. The van der Waals surface area contributed by atoms with Gasteiger partial charge < -0.3 is 9.80 Å². The highest BCUT2D eigenvalue weighted by Crippen LogP contribution is 2.28. The second-order valence-electron chi connectivity index (χ2n) is 6.14. The smallest absolute Gasteiger partial charge is 0.254 e. The van der Waals surface area contributed by atoms with Crippen molar-refractivity contribution in [3.63, 3.8) is 0 Å². The molecule has 1 aromatic heterocycles. The van der Waals surface area contributed by atoms with Gasteiger partial charge in [0.1, 0.15) is 11.6 Å². The predicted molar refractivity (Wildman–Crippen MR) is 101 cm³/mol. The van der Waals surface area contributed by atoms with Crippen LogP contribution in [0.2, 0.25) is 10.0 Å². The van der Waals surface area contributed by atoms with Gasteiger partial charge in [0.2, 0.25) is 0 Å². The molecule has 0 spiro atoms. The maximum atomic E-state index is 12.9. The Hall–Kier alpha value is -1.85. The third kappa shape index (κ3) is 3.58.